The van der Waals surface area contributed by atoms with E-state index in [9.17, 15) is 0 Å². The Labute approximate surface area is 128 Å². The van der Waals surface area contributed by atoms with Crippen LogP contribution in [0.2, 0.25) is 0 Å². The maximum Gasteiger partial charge on any atom is 0.109 e. The van der Waals surface area contributed by atoms with Crippen LogP contribution in [-0.2, 0) is 19.7 Å². The topological polar surface area (TPSA) is 80.8 Å². The summed E-state index contributed by atoms with van der Waals surface area (Å²) in [7, 11) is 0. The second-order valence-corrected chi connectivity index (χ2v) is 4.92. The highest BCUT2D eigenvalue weighted by molar-refractivity contribution is 5.48. The molecule has 0 fully saturated rings. The third-order valence-corrected chi connectivity index (χ3v) is 3.34. The molecule has 2 aromatic heterocycles. The molecule has 0 unspecified atom stereocenters. The first-order chi connectivity index (χ1) is 10.8. The number of aliphatic hydroxyl groups is 1. The van der Waals surface area contributed by atoms with Gasteiger partial charge in [-0.25, -0.2) is 4.68 Å². The maximum atomic E-state index is 9.01. The van der Waals surface area contributed by atoms with Crippen LogP contribution < -0.4 is 5.32 Å². The minimum Gasteiger partial charge on any atom is -0.390 e. The van der Waals surface area contributed by atoms with Gasteiger partial charge in [0.1, 0.15) is 5.69 Å². The molecule has 3 rings (SSSR count). The SMILES string of the molecule is CCn1cc(CNc2ccc(-n3cc(CO)nn3)cc2)cn1. The molecule has 2 N–H and O–H groups in total. The molecule has 0 atom stereocenters. The highest BCUT2D eigenvalue weighted by Gasteiger charge is 2.02. The normalized spacial score (nSPS) is 10.8. The van der Waals surface area contributed by atoms with Crippen molar-refractivity contribution in [1.82, 2.24) is 24.8 Å². The van der Waals surface area contributed by atoms with Gasteiger partial charge in [0.05, 0.1) is 24.7 Å². The molecule has 1 aromatic carbocycles. The summed E-state index contributed by atoms with van der Waals surface area (Å²) >= 11 is 0. The number of aromatic nitrogens is 5. The molecule has 3 aromatic rings. The van der Waals surface area contributed by atoms with E-state index in [1.807, 2.05) is 41.3 Å². The van der Waals surface area contributed by atoms with Crippen molar-refractivity contribution in [3.05, 3.63) is 54.1 Å². The Hall–Kier alpha value is -2.67. The largest absolute Gasteiger partial charge is 0.390 e. The van der Waals surface area contributed by atoms with Gasteiger partial charge in [0.15, 0.2) is 0 Å². The summed E-state index contributed by atoms with van der Waals surface area (Å²) in [4.78, 5) is 0. The van der Waals surface area contributed by atoms with Crippen molar-refractivity contribution >= 4 is 5.69 Å². The predicted molar refractivity (Wildman–Crippen MR) is 82.5 cm³/mol. The van der Waals surface area contributed by atoms with Gasteiger partial charge in [0, 0.05) is 30.5 Å². The lowest BCUT2D eigenvalue weighted by atomic mass is 10.2. The van der Waals surface area contributed by atoms with E-state index in [2.05, 4.69) is 27.7 Å². The Morgan fingerprint density at radius 1 is 1.18 bits per heavy atom. The van der Waals surface area contributed by atoms with E-state index in [0.29, 0.717) is 5.69 Å². The van der Waals surface area contributed by atoms with Crippen LogP contribution in [0.3, 0.4) is 0 Å². The average Bonchev–Trinajstić information content (AvgIpc) is 3.22. The second-order valence-electron chi connectivity index (χ2n) is 4.92. The van der Waals surface area contributed by atoms with E-state index in [1.165, 1.54) is 0 Å². The van der Waals surface area contributed by atoms with E-state index in [1.54, 1.807) is 10.9 Å². The lowest BCUT2D eigenvalue weighted by Gasteiger charge is -2.06. The predicted octanol–water partition coefficient (Wildman–Crippen LogP) is 1.59. The molecule has 0 spiro atoms. The van der Waals surface area contributed by atoms with E-state index in [0.717, 1.165) is 30.0 Å². The average molecular weight is 298 g/mol. The molecule has 2 heterocycles. The number of hydrogen-bond donors (Lipinski definition) is 2. The molecular weight excluding hydrogens is 280 g/mol. The molecule has 0 bridgehead atoms. The first-order valence-electron chi connectivity index (χ1n) is 7.16. The molecule has 0 amide bonds. The zero-order chi connectivity index (χ0) is 15.4. The highest BCUT2D eigenvalue weighted by Crippen LogP contribution is 2.14. The number of benzene rings is 1. The molecule has 7 nitrogen and oxygen atoms in total. The van der Waals surface area contributed by atoms with Crippen LogP contribution in [0, 0.1) is 0 Å². The van der Waals surface area contributed by atoms with Crippen molar-refractivity contribution in [3.63, 3.8) is 0 Å². The van der Waals surface area contributed by atoms with Gasteiger partial charge in [0.25, 0.3) is 0 Å². The lowest BCUT2D eigenvalue weighted by molar-refractivity contribution is 0.276. The van der Waals surface area contributed by atoms with E-state index in [4.69, 9.17) is 5.11 Å². The van der Waals surface area contributed by atoms with Crippen LogP contribution in [0.4, 0.5) is 5.69 Å². The molecule has 0 aliphatic carbocycles. The minimum atomic E-state index is -0.106. The zero-order valence-electron chi connectivity index (χ0n) is 12.3. The number of nitrogens with zero attached hydrogens (tertiary/aromatic N) is 5. The molecule has 0 saturated carbocycles. The van der Waals surface area contributed by atoms with Gasteiger partial charge in [-0.3, -0.25) is 4.68 Å². The van der Waals surface area contributed by atoms with Crippen LogP contribution >= 0.6 is 0 Å². The number of anilines is 1. The van der Waals surface area contributed by atoms with Crippen LogP contribution in [0.1, 0.15) is 18.2 Å². The van der Waals surface area contributed by atoms with Gasteiger partial charge < -0.3 is 10.4 Å². The summed E-state index contributed by atoms with van der Waals surface area (Å²) in [5.41, 5.74) is 3.62. The maximum absolute atomic E-state index is 9.01. The van der Waals surface area contributed by atoms with Crippen molar-refractivity contribution < 1.29 is 5.11 Å². The molecule has 114 valence electrons. The number of aryl methyl sites for hydroxylation is 1. The minimum absolute atomic E-state index is 0.106. The van der Waals surface area contributed by atoms with Crippen LogP contribution in [0.15, 0.2) is 42.9 Å². The second kappa shape index (κ2) is 6.40. The third kappa shape index (κ3) is 3.15. The van der Waals surface area contributed by atoms with Crippen molar-refractivity contribution in [3.8, 4) is 5.69 Å². The summed E-state index contributed by atoms with van der Waals surface area (Å²) in [6.45, 7) is 3.57. The van der Waals surface area contributed by atoms with Crippen molar-refractivity contribution in [2.24, 2.45) is 0 Å². The van der Waals surface area contributed by atoms with Crippen molar-refractivity contribution in [1.29, 1.82) is 0 Å². The van der Waals surface area contributed by atoms with Gasteiger partial charge in [-0.1, -0.05) is 5.21 Å². The number of nitrogens with one attached hydrogen (secondary N) is 1. The number of aliphatic hydroxyl groups excluding tert-OH is 1. The Morgan fingerprint density at radius 3 is 2.64 bits per heavy atom. The molecule has 0 saturated heterocycles. The standard InChI is InChI=1S/C15H18N6O/c1-2-20-9-12(8-17-20)7-16-13-3-5-15(6-4-13)21-10-14(11-22)18-19-21/h3-6,8-10,16,22H,2,7,11H2,1H3. The molecular formula is C15H18N6O. The lowest BCUT2D eigenvalue weighted by Crippen LogP contribution is -2.00. The van der Waals surface area contributed by atoms with Crippen molar-refractivity contribution in [2.45, 2.75) is 26.6 Å². The third-order valence-electron chi connectivity index (χ3n) is 3.34. The number of hydrogen-bond acceptors (Lipinski definition) is 5. The first-order valence-corrected chi connectivity index (χ1v) is 7.16. The van der Waals surface area contributed by atoms with Crippen molar-refractivity contribution in [2.75, 3.05) is 5.32 Å². The monoisotopic (exact) mass is 298 g/mol. The van der Waals surface area contributed by atoms with Crippen LogP contribution in [-0.4, -0.2) is 29.9 Å². The Kier molecular flexibility index (Phi) is 4.15. The van der Waals surface area contributed by atoms with Gasteiger partial charge in [-0.05, 0) is 31.2 Å². The van der Waals surface area contributed by atoms with E-state index < -0.39 is 0 Å². The molecule has 22 heavy (non-hydrogen) atoms. The number of rotatable bonds is 6. The Bertz CT molecular complexity index is 731. The fourth-order valence-electron chi connectivity index (χ4n) is 2.10. The van der Waals surface area contributed by atoms with Gasteiger partial charge >= 0.3 is 0 Å². The summed E-state index contributed by atoms with van der Waals surface area (Å²) in [6, 6.07) is 7.88. The molecule has 7 heteroatoms. The fraction of sp³-hybridized carbons (Fsp3) is 0.267. The Morgan fingerprint density at radius 2 is 2.00 bits per heavy atom. The molecule has 0 aliphatic rings. The van der Waals surface area contributed by atoms with Crippen LogP contribution in [0.5, 0.6) is 0 Å². The van der Waals surface area contributed by atoms with Gasteiger partial charge in [-0.15, -0.1) is 5.10 Å². The quantitative estimate of drug-likeness (QED) is 0.722. The van der Waals surface area contributed by atoms with Gasteiger partial charge in [-0.2, -0.15) is 5.10 Å². The first kappa shape index (κ1) is 14.3. The summed E-state index contributed by atoms with van der Waals surface area (Å²) in [6.07, 6.45) is 5.62. The molecule has 0 aliphatic heterocycles. The zero-order valence-corrected chi connectivity index (χ0v) is 12.3. The van der Waals surface area contributed by atoms with E-state index >= 15 is 0 Å². The highest BCUT2D eigenvalue weighted by atomic mass is 16.3. The summed E-state index contributed by atoms with van der Waals surface area (Å²) < 4.78 is 3.55. The smallest absolute Gasteiger partial charge is 0.109 e. The molecule has 0 radical (unpaired) electrons. The summed E-state index contributed by atoms with van der Waals surface area (Å²) in [5.74, 6) is 0. The fourth-order valence-corrected chi connectivity index (χ4v) is 2.10. The van der Waals surface area contributed by atoms with Crippen LogP contribution in [0.25, 0.3) is 5.69 Å². The van der Waals surface area contributed by atoms with Gasteiger partial charge in [0.2, 0.25) is 0 Å². The Balaban J connectivity index is 1.63. The van der Waals surface area contributed by atoms with E-state index in [-0.39, 0.29) is 6.61 Å². The summed E-state index contributed by atoms with van der Waals surface area (Å²) in [5, 5.41) is 24.4.